The third kappa shape index (κ3) is 2.24. The van der Waals surface area contributed by atoms with E-state index in [1.54, 1.807) is 0 Å². The molecule has 5 fully saturated rings. The maximum absolute atomic E-state index is 12.8. The van der Waals surface area contributed by atoms with Gasteiger partial charge in [-0.2, -0.15) is 0 Å². The monoisotopic (exact) mass is 354 g/mol. The fourth-order valence-electron chi connectivity index (χ4n) is 8.68. The molecule has 0 aromatic carbocycles. The summed E-state index contributed by atoms with van der Waals surface area (Å²) in [7, 11) is 0. The molecule has 5 rings (SSSR count). The number of fused-ring (bicyclic) bond motifs is 5. The molecule has 6 atom stereocenters. The minimum atomic E-state index is 0.0921. The lowest BCUT2D eigenvalue weighted by atomic mass is 9.43. The van der Waals surface area contributed by atoms with Gasteiger partial charge in [0.15, 0.2) is 0 Å². The Morgan fingerprint density at radius 1 is 0.885 bits per heavy atom. The number of Topliss-reactive ketones (excluding diaryl/α,β-unsaturated/α-hetero) is 1. The standard InChI is InChI=1S/C25H38O/c1-4-24-13-11-20-19(21(24)9-10-23(24)26)12-14-25(16(2)3)15-18(17-5-6-17)7-8-22(20)25/h16,19-22H,4-15H2,1-3H3/t19-,20?,21?,22?,24+,25?/m1/s1. The smallest absolute Gasteiger partial charge is 0.139 e. The first kappa shape index (κ1) is 17.5. The molecule has 0 aliphatic heterocycles. The molecule has 0 bridgehead atoms. The highest BCUT2D eigenvalue weighted by molar-refractivity contribution is 5.87. The van der Waals surface area contributed by atoms with Gasteiger partial charge in [-0.25, -0.2) is 0 Å². The van der Waals surface area contributed by atoms with Crippen molar-refractivity contribution in [2.75, 3.05) is 0 Å². The summed E-state index contributed by atoms with van der Waals surface area (Å²) in [6, 6.07) is 0. The molecule has 5 aliphatic rings. The van der Waals surface area contributed by atoms with Gasteiger partial charge in [-0.15, -0.1) is 0 Å². The molecule has 0 radical (unpaired) electrons. The molecule has 144 valence electrons. The molecule has 4 unspecified atom stereocenters. The number of hydrogen-bond acceptors (Lipinski definition) is 1. The Balaban J connectivity index is 1.47. The van der Waals surface area contributed by atoms with Crippen molar-refractivity contribution in [3.63, 3.8) is 0 Å². The first-order chi connectivity index (χ1) is 12.5. The Morgan fingerprint density at radius 3 is 2.27 bits per heavy atom. The van der Waals surface area contributed by atoms with Crippen molar-refractivity contribution >= 4 is 5.78 Å². The van der Waals surface area contributed by atoms with E-state index >= 15 is 0 Å². The fraction of sp³-hybridized carbons (Fsp3) is 0.880. The highest BCUT2D eigenvalue weighted by atomic mass is 16.1. The van der Waals surface area contributed by atoms with Gasteiger partial charge in [0.1, 0.15) is 5.78 Å². The molecule has 0 heterocycles. The van der Waals surface area contributed by atoms with Crippen LogP contribution in [0.1, 0.15) is 97.8 Å². The topological polar surface area (TPSA) is 17.1 Å². The van der Waals surface area contributed by atoms with Crippen molar-refractivity contribution < 1.29 is 4.79 Å². The Morgan fingerprint density at radius 2 is 1.58 bits per heavy atom. The number of carbonyl (C=O) groups excluding carboxylic acids is 1. The summed E-state index contributed by atoms with van der Waals surface area (Å²) in [6.07, 6.45) is 15.7. The largest absolute Gasteiger partial charge is 0.299 e. The summed E-state index contributed by atoms with van der Waals surface area (Å²) in [5.74, 6) is 4.90. The third-order valence-corrected chi connectivity index (χ3v) is 10.2. The van der Waals surface area contributed by atoms with Crippen molar-refractivity contribution in [1.82, 2.24) is 0 Å². The average molecular weight is 355 g/mol. The molecule has 0 amide bonds. The van der Waals surface area contributed by atoms with Gasteiger partial charge >= 0.3 is 0 Å². The molecule has 5 saturated carbocycles. The van der Waals surface area contributed by atoms with Crippen LogP contribution < -0.4 is 0 Å². The van der Waals surface area contributed by atoms with Crippen LogP contribution in [0.15, 0.2) is 11.1 Å². The number of ketones is 1. The highest BCUT2D eigenvalue weighted by Crippen LogP contribution is 2.67. The molecule has 0 aromatic heterocycles. The lowest BCUT2D eigenvalue weighted by molar-refractivity contribution is -0.140. The molecular formula is C25H38O. The Kier molecular flexibility index (Phi) is 4.01. The van der Waals surface area contributed by atoms with Crippen LogP contribution in [0.25, 0.3) is 0 Å². The van der Waals surface area contributed by atoms with Gasteiger partial charge < -0.3 is 0 Å². The van der Waals surface area contributed by atoms with Crippen molar-refractivity contribution in [2.45, 2.75) is 97.8 Å². The van der Waals surface area contributed by atoms with Gasteiger partial charge in [-0.3, -0.25) is 4.79 Å². The van der Waals surface area contributed by atoms with E-state index < -0.39 is 0 Å². The van der Waals surface area contributed by atoms with Gasteiger partial charge in [0, 0.05) is 11.8 Å². The van der Waals surface area contributed by atoms with Crippen LogP contribution in [0.3, 0.4) is 0 Å². The summed E-state index contributed by atoms with van der Waals surface area (Å²) < 4.78 is 0. The summed E-state index contributed by atoms with van der Waals surface area (Å²) >= 11 is 0. The van der Waals surface area contributed by atoms with E-state index in [-0.39, 0.29) is 5.41 Å². The van der Waals surface area contributed by atoms with Crippen LogP contribution in [0.4, 0.5) is 0 Å². The zero-order valence-corrected chi connectivity index (χ0v) is 17.3. The summed E-state index contributed by atoms with van der Waals surface area (Å²) in [4.78, 5) is 12.8. The lowest BCUT2D eigenvalue weighted by Crippen LogP contribution is -2.54. The van der Waals surface area contributed by atoms with Crippen LogP contribution in [0, 0.1) is 40.4 Å². The zero-order valence-electron chi connectivity index (χ0n) is 17.3. The summed E-state index contributed by atoms with van der Waals surface area (Å²) in [6.45, 7) is 7.34. The van der Waals surface area contributed by atoms with Crippen molar-refractivity contribution in [3.05, 3.63) is 11.1 Å². The van der Waals surface area contributed by atoms with Gasteiger partial charge in [0.2, 0.25) is 0 Å². The van der Waals surface area contributed by atoms with E-state index in [1.807, 2.05) is 11.1 Å². The average Bonchev–Trinajstić information content (AvgIpc) is 3.44. The SMILES string of the molecule is CC[C@]12CCC3C4CCC(=C5CC5)CC4(C(C)C)CC[C@H]3C1CCC2=O. The van der Waals surface area contributed by atoms with Gasteiger partial charge in [0.05, 0.1) is 0 Å². The Bertz CT molecular complexity index is 637. The van der Waals surface area contributed by atoms with Crippen LogP contribution >= 0.6 is 0 Å². The second kappa shape index (κ2) is 5.95. The van der Waals surface area contributed by atoms with E-state index in [9.17, 15) is 4.79 Å². The third-order valence-electron chi connectivity index (χ3n) is 10.2. The van der Waals surface area contributed by atoms with Crippen LogP contribution in [-0.4, -0.2) is 5.78 Å². The minimum absolute atomic E-state index is 0.0921. The van der Waals surface area contributed by atoms with Crippen molar-refractivity contribution in [1.29, 1.82) is 0 Å². The fourth-order valence-corrected chi connectivity index (χ4v) is 8.68. The normalized spacial score (nSPS) is 47.6. The predicted molar refractivity (Wildman–Crippen MR) is 107 cm³/mol. The number of allylic oxidation sites excluding steroid dienone is 2. The maximum atomic E-state index is 12.8. The second-order valence-corrected chi connectivity index (χ2v) is 10.9. The molecule has 0 spiro atoms. The molecule has 26 heavy (non-hydrogen) atoms. The first-order valence-corrected chi connectivity index (χ1v) is 11.7. The molecule has 5 aliphatic carbocycles. The minimum Gasteiger partial charge on any atom is -0.299 e. The Hall–Kier alpha value is -0.590. The van der Waals surface area contributed by atoms with Crippen molar-refractivity contribution in [3.8, 4) is 0 Å². The number of carbonyl (C=O) groups is 1. The molecule has 0 N–H and O–H groups in total. The van der Waals surface area contributed by atoms with Crippen molar-refractivity contribution in [2.24, 2.45) is 40.4 Å². The van der Waals surface area contributed by atoms with Gasteiger partial charge in [-0.05, 0) is 106 Å². The van der Waals surface area contributed by atoms with Crippen LogP contribution in [-0.2, 0) is 4.79 Å². The van der Waals surface area contributed by atoms with Gasteiger partial charge in [-0.1, -0.05) is 31.9 Å². The molecule has 1 nitrogen and oxygen atoms in total. The second-order valence-electron chi connectivity index (χ2n) is 10.9. The summed E-state index contributed by atoms with van der Waals surface area (Å²) in [5, 5.41) is 0. The van der Waals surface area contributed by atoms with E-state index in [0.29, 0.717) is 11.2 Å². The number of hydrogen-bond donors (Lipinski definition) is 0. The Labute approximate surface area is 160 Å². The zero-order chi connectivity index (χ0) is 18.1. The van der Waals surface area contributed by atoms with E-state index in [2.05, 4.69) is 20.8 Å². The predicted octanol–water partition coefficient (Wildman–Crippen LogP) is 6.71. The quantitative estimate of drug-likeness (QED) is 0.503. The summed E-state index contributed by atoms with van der Waals surface area (Å²) in [5.41, 5.74) is 4.39. The molecule has 0 saturated heterocycles. The maximum Gasteiger partial charge on any atom is 0.139 e. The van der Waals surface area contributed by atoms with E-state index in [1.165, 1.54) is 64.2 Å². The van der Waals surface area contributed by atoms with E-state index in [0.717, 1.165) is 42.4 Å². The highest BCUT2D eigenvalue weighted by Gasteiger charge is 2.61. The van der Waals surface area contributed by atoms with E-state index in [4.69, 9.17) is 0 Å². The molecule has 1 heteroatoms. The van der Waals surface area contributed by atoms with Crippen LogP contribution in [0.5, 0.6) is 0 Å². The molecule has 0 aromatic rings. The lowest BCUT2D eigenvalue weighted by Gasteiger charge is -2.61. The first-order valence-electron chi connectivity index (χ1n) is 11.7. The van der Waals surface area contributed by atoms with Crippen LogP contribution in [0.2, 0.25) is 0 Å². The number of rotatable bonds is 2. The molecular weight excluding hydrogens is 316 g/mol. The van der Waals surface area contributed by atoms with Gasteiger partial charge in [0.25, 0.3) is 0 Å².